The van der Waals surface area contributed by atoms with Crippen LogP contribution in [0.4, 0.5) is 0 Å². The highest BCUT2D eigenvalue weighted by atomic mass is 16.1. The van der Waals surface area contributed by atoms with Gasteiger partial charge >= 0.3 is 0 Å². The topological polar surface area (TPSA) is 17.1 Å². The van der Waals surface area contributed by atoms with Gasteiger partial charge < -0.3 is 4.48 Å². The van der Waals surface area contributed by atoms with Gasteiger partial charge in [-0.3, -0.25) is 4.79 Å². The van der Waals surface area contributed by atoms with Gasteiger partial charge in [-0.15, -0.1) is 0 Å². The first-order valence-electron chi connectivity index (χ1n) is 10.4. The fourth-order valence-electron chi connectivity index (χ4n) is 2.95. The van der Waals surface area contributed by atoms with Gasteiger partial charge in [0.2, 0.25) is 0 Å². The summed E-state index contributed by atoms with van der Waals surface area (Å²) in [5.41, 5.74) is 0. The quantitative estimate of drug-likeness (QED) is 0.232. The van der Waals surface area contributed by atoms with Crippen molar-refractivity contribution in [3.63, 3.8) is 0 Å². The molecule has 2 heteroatoms. The molecule has 0 amide bonds. The van der Waals surface area contributed by atoms with Crippen molar-refractivity contribution in [2.45, 2.75) is 104 Å². The molecule has 0 unspecified atom stereocenters. The van der Waals surface area contributed by atoms with Gasteiger partial charge in [0, 0.05) is 12.8 Å². The summed E-state index contributed by atoms with van der Waals surface area (Å²) in [5, 5.41) is 0. The summed E-state index contributed by atoms with van der Waals surface area (Å²) in [6.45, 7) is 6.87. The maximum Gasteiger partial charge on any atom is 0.132 e. The lowest BCUT2D eigenvalue weighted by Gasteiger charge is -2.28. The average molecular weight is 327 g/mol. The van der Waals surface area contributed by atoms with Gasteiger partial charge in [0.1, 0.15) is 5.78 Å². The van der Waals surface area contributed by atoms with Crippen LogP contribution in [0.3, 0.4) is 0 Å². The van der Waals surface area contributed by atoms with Crippen molar-refractivity contribution in [2.24, 2.45) is 0 Å². The first kappa shape index (κ1) is 22.6. The summed E-state index contributed by atoms with van der Waals surface area (Å²) >= 11 is 0. The molecule has 23 heavy (non-hydrogen) atoms. The zero-order chi connectivity index (χ0) is 17.4. The average Bonchev–Trinajstić information content (AvgIpc) is 2.53. The van der Waals surface area contributed by atoms with E-state index in [4.69, 9.17) is 0 Å². The molecule has 0 fully saturated rings. The highest BCUT2D eigenvalue weighted by Crippen LogP contribution is 2.12. The molecule has 0 aromatic carbocycles. The molecule has 0 rings (SSSR count). The van der Waals surface area contributed by atoms with Crippen LogP contribution in [-0.2, 0) is 4.79 Å². The lowest BCUT2D eigenvalue weighted by atomic mass is 10.0. The second-order valence-corrected chi connectivity index (χ2v) is 7.90. The van der Waals surface area contributed by atoms with Gasteiger partial charge in [0.05, 0.1) is 27.2 Å². The van der Waals surface area contributed by atoms with Crippen molar-refractivity contribution in [3.8, 4) is 0 Å². The van der Waals surface area contributed by atoms with E-state index in [9.17, 15) is 4.79 Å². The number of carbonyl (C=O) groups is 1. The molecular formula is C21H44NO+. The summed E-state index contributed by atoms with van der Waals surface area (Å²) in [6, 6.07) is 0. The molecule has 0 aliphatic rings. The summed E-state index contributed by atoms with van der Waals surface area (Å²) in [6.07, 6.45) is 17.3. The molecule has 0 radical (unpaired) electrons. The van der Waals surface area contributed by atoms with Gasteiger partial charge in [-0.05, 0) is 26.2 Å². The van der Waals surface area contributed by atoms with Crippen LogP contribution in [0.1, 0.15) is 104 Å². The van der Waals surface area contributed by atoms with E-state index in [1.807, 2.05) is 0 Å². The molecule has 0 saturated carbocycles. The van der Waals surface area contributed by atoms with Gasteiger partial charge in [-0.25, -0.2) is 0 Å². The Balaban J connectivity index is 3.28. The fourth-order valence-corrected chi connectivity index (χ4v) is 2.95. The number of hydrogen-bond acceptors (Lipinski definition) is 1. The fraction of sp³-hybridized carbons (Fsp3) is 0.952. The Kier molecular flexibility index (Phi) is 14.9. The molecule has 0 aromatic rings. The van der Waals surface area contributed by atoms with E-state index in [0.29, 0.717) is 5.78 Å². The number of hydrogen-bond donors (Lipinski definition) is 0. The number of Topliss-reactive ketones (excluding diaryl/α,β-unsaturated/α-hetero) is 1. The largest absolute Gasteiger partial charge is 0.329 e. The predicted molar refractivity (Wildman–Crippen MR) is 103 cm³/mol. The highest BCUT2D eigenvalue weighted by molar-refractivity contribution is 5.78. The molecule has 0 aliphatic carbocycles. The van der Waals surface area contributed by atoms with Crippen LogP contribution in [0, 0.1) is 0 Å². The number of nitrogens with zero attached hydrogens (tertiary/aromatic N) is 1. The minimum Gasteiger partial charge on any atom is -0.329 e. The third-order valence-electron chi connectivity index (χ3n) is 5.13. The Bertz CT molecular complexity index is 273. The number of unbranched alkanes of at least 4 members (excludes halogenated alkanes) is 10. The normalized spacial score (nSPS) is 11.8. The van der Waals surface area contributed by atoms with E-state index < -0.39 is 0 Å². The number of carbonyl (C=O) groups excluding carboxylic acids is 1. The van der Waals surface area contributed by atoms with E-state index >= 15 is 0 Å². The summed E-state index contributed by atoms with van der Waals surface area (Å²) in [5.74, 6) is 0.492. The molecule has 0 aromatic heterocycles. The van der Waals surface area contributed by atoms with Crippen molar-refractivity contribution in [1.29, 1.82) is 0 Å². The summed E-state index contributed by atoms with van der Waals surface area (Å²) in [4.78, 5) is 11.9. The Morgan fingerprint density at radius 3 is 1.57 bits per heavy atom. The monoisotopic (exact) mass is 326 g/mol. The SMILES string of the molecule is CCCCCCCCCCCCC(=O)CCCC[N+](C)(C)CC. The highest BCUT2D eigenvalue weighted by Gasteiger charge is 2.11. The third kappa shape index (κ3) is 16.3. The van der Waals surface area contributed by atoms with Gasteiger partial charge in [-0.1, -0.05) is 64.7 Å². The second-order valence-electron chi connectivity index (χ2n) is 7.90. The standard InChI is InChI=1S/C21H44NO/c1-5-7-8-9-10-11-12-13-14-15-18-21(23)19-16-17-20-22(3,4)6-2/h5-20H2,1-4H3/q+1. The van der Waals surface area contributed by atoms with Crippen molar-refractivity contribution in [3.05, 3.63) is 0 Å². The molecule has 2 nitrogen and oxygen atoms in total. The lowest BCUT2D eigenvalue weighted by molar-refractivity contribution is -0.888. The zero-order valence-corrected chi connectivity index (χ0v) is 16.7. The third-order valence-corrected chi connectivity index (χ3v) is 5.13. The van der Waals surface area contributed by atoms with Crippen LogP contribution in [0.2, 0.25) is 0 Å². The molecule has 138 valence electrons. The summed E-state index contributed by atoms with van der Waals surface area (Å²) in [7, 11) is 4.54. The number of rotatable bonds is 17. The van der Waals surface area contributed by atoms with Crippen LogP contribution in [-0.4, -0.2) is 37.5 Å². The maximum atomic E-state index is 11.9. The van der Waals surface area contributed by atoms with Crippen LogP contribution in [0.15, 0.2) is 0 Å². The van der Waals surface area contributed by atoms with E-state index in [1.54, 1.807) is 0 Å². The Hall–Kier alpha value is -0.370. The Morgan fingerprint density at radius 2 is 1.09 bits per heavy atom. The predicted octanol–water partition coefficient (Wildman–Crippen LogP) is 6.13. The van der Waals surface area contributed by atoms with Crippen molar-refractivity contribution in [2.75, 3.05) is 27.2 Å². The smallest absolute Gasteiger partial charge is 0.132 e. The van der Waals surface area contributed by atoms with E-state index in [1.165, 1.54) is 77.3 Å². The van der Waals surface area contributed by atoms with Crippen LogP contribution in [0.5, 0.6) is 0 Å². The minimum absolute atomic E-state index is 0.492. The first-order chi connectivity index (χ1) is 11.0. The van der Waals surface area contributed by atoms with E-state index in [-0.39, 0.29) is 0 Å². The molecule has 0 saturated heterocycles. The lowest BCUT2D eigenvalue weighted by Crippen LogP contribution is -2.39. The Morgan fingerprint density at radius 1 is 0.652 bits per heavy atom. The van der Waals surface area contributed by atoms with E-state index in [0.717, 1.165) is 30.2 Å². The minimum atomic E-state index is 0.492. The Labute approximate surface area is 146 Å². The number of quaternary nitrogens is 1. The maximum absolute atomic E-state index is 11.9. The molecule has 0 heterocycles. The van der Waals surface area contributed by atoms with Gasteiger partial charge in [0.15, 0.2) is 0 Å². The zero-order valence-electron chi connectivity index (χ0n) is 16.7. The molecule has 0 atom stereocenters. The molecule has 0 aliphatic heterocycles. The van der Waals surface area contributed by atoms with Crippen LogP contribution < -0.4 is 0 Å². The van der Waals surface area contributed by atoms with Crippen molar-refractivity contribution in [1.82, 2.24) is 0 Å². The molecule has 0 bridgehead atoms. The van der Waals surface area contributed by atoms with E-state index in [2.05, 4.69) is 27.9 Å². The second kappa shape index (κ2) is 15.2. The van der Waals surface area contributed by atoms with Gasteiger partial charge in [0.25, 0.3) is 0 Å². The molecular weight excluding hydrogens is 282 g/mol. The summed E-state index contributed by atoms with van der Waals surface area (Å²) < 4.78 is 1.08. The van der Waals surface area contributed by atoms with Crippen molar-refractivity contribution >= 4 is 5.78 Å². The van der Waals surface area contributed by atoms with Gasteiger partial charge in [-0.2, -0.15) is 0 Å². The molecule has 0 N–H and O–H groups in total. The first-order valence-corrected chi connectivity index (χ1v) is 10.4. The van der Waals surface area contributed by atoms with Crippen LogP contribution >= 0.6 is 0 Å². The number of ketones is 1. The molecule has 0 spiro atoms. The van der Waals surface area contributed by atoms with Crippen molar-refractivity contribution < 1.29 is 9.28 Å². The van der Waals surface area contributed by atoms with Crippen LogP contribution in [0.25, 0.3) is 0 Å².